The highest BCUT2D eigenvalue weighted by Gasteiger charge is 2.16. The number of aromatic nitrogens is 2. The fourth-order valence-electron chi connectivity index (χ4n) is 2.40. The van der Waals surface area contributed by atoms with E-state index in [9.17, 15) is 4.79 Å². The van der Waals surface area contributed by atoms with Crippen LogP contribution in [0.2, 0.25) is 0 Å². The van der Waals surface area contributed by atoms with Gasteiger partial charge in [-0.15, -0.1) is 0 Å². The number of ether oxygens (including phenoxy) is 2. The average molecular weight is 342 g/mol. The molecular formula is C18H22N4O3. The fourth-order valence-corrected chi connectivity index (χ4v) is 2.40. The lowest BCUT2D eigenvalue weighted by molar-refractivity contribution is 0.0945. The molecule has 0 fully saturated rings. The summed E-state index contributed by atoms with van der Waals surface area (Å²) in [5, 5.41) is 6.06. The smallest absolute Gasteiger partial charge is 0.270 e. The summed E-state index contributed by atoms with van der Waals surface area (Å²) in [6, 6.07) is 7.26. The van der Waals surface area contributed by atoms with E-state index in [-0.39, 0.29) is 18.2 Å². The molecule has 0 unspecified atom stereocenters. The molecule has 3 rings (SSSR count). The Labute approximate surface area is 146 Å². The molecule has 25 heavy (non-hydrogen) atoms. The van der Waals surface area contributed by atoms with Crippen LogP contribution in [0.5, 0.6) is 11.5 Å². The van der Waals surface area contributed by atoms with Crippen molar-refractivity contribution < 1.29 is 14.3 Å². The Bertz CT molecular complexity index is 799. The summed E-state index contributed by atoms with van der Waals surface area (Å²) >= 11 is 0. The van der Waals surface area contributed by atoms with Crippen LogP contribution in [-0.2, 0) is 6.54 Å². The third-order valence-electron chi connectivity index (χ3n) is 3.46. The van der Waals surface area contributed by atoms with Gasteiger partial charge in [0.1, 0.15) is 5.69 Å². The standard InChI is InChI=1S/C18H22N4O3/c1-11-7-13(21-17(20-11)22-18(2,3)4)16(23)19-9-12-5-6-14-15(8-12)25-10-24-14/h5-8H,9-10H2,1-4H3,(H,19,23)(H,20,21,22). The zero-order valence-corrected chi connectivity index (χ0v) is 14.8. The quantitative estimate of drug-likeness (QED) is 0.888. The van der Waals surface area contributed by atoms with Crippen molar-refractivity contribution in [1.82, 2.24) is 15.3 Å². The molecule has 1 aromatic carbocycles. The molecule has 2 aromatic rings. The highest BCUT2D eigenvalue weighted by atomic mass is 16.7. The largest absolute Gasteiger partial charge is 0.454 e. The molecule has 0 spiro atoms. The van der Waals surface area contributed by atoms with Gasteiger partial charge >= 0.3 is 0 Å². The number of aryl methyl sites for hydroxylation is 1. The molecule has 0 bridgehead atoms. The first-order valence-corrected chi connectivity index (χ1v) is 8.11. The lowest BCUT2D eigenvalue weighted by Gasteiger charge is -2.20. The first kappa shape index (κ1) is 17.0. The van der Waals surface area contributed by atoms with Crippen LogP contribution in [0.4, 0.5) is 5.95 Å². The van der Waals surface area contributed by atoms with Crippen LogP contribution in [0, 0.1) is 6.92 Å². The van der Waals surface area contributed by atoms with Crippen molar-refractivity contribution in [1.29, 1.82) is 0 Å². The average Bonchev–Trinajstić information content (AvgIpc) is 2.97. The summed E-state index contributed by atoms with van der Waals surface area (Å²) in [6.07, 6.45) is 0. The first-order chi connectivity index (χ1) is 11.8. The van der Waals surface area contributed by atoms with Crippen molar-refractivity contribution in [3.05, 3.63) is 41.2 Å². The number of rotatable bonds is 4. The molecule has 1 aliphatic heterocycles. The monoisotopic (exact) mass is 342 g/mol. The molecule has 132 valence electrons. The van der Waals surface area contributed by atoms with Gasteiger partial charge in [0.25, 0.3) is 5.91 Å². The number of fused-ring (bicyclic) bond motifs is 1. The number of hydrogen-bond donors (Lipinski definition) is 2. The van der Waals surface area contributed by atoms with Crippen LogP contribution in [-0.4, -0.2) is 28.2 Å². The van der Waals surface area contributed by atoms with Gasteiger partial charge < -0.3 is 20.1 Å². The molecule has 2 N–H and O–H groups in total. The second-order valence-corrected chi connectivity index (χ2v) is 6.96. The minimum atomic E-state index is -0.250. The summed E-state index contributed by atoms with van der Waals surface area (Å²) < 4.78 is 10.6. The summed E-state index contributed by atoms with van der Waals surface area (Å²) in [5.74, 6) is 1.61. The van der Waals surface area contributed by atoms with E-state index in [2.05, 4.69) is 20.6 Å². The van der Waals surface area contributed by atoms with Gasteiger partial charge in [0, 0.05) is 17.8 Å². The van der Waals surface area contributed by atoms with E-state index in [0.29, 0.717) is 23.9 Å². The zero-order chi connectivity index (χ0) is 18.0. The Kier molecular flexibility index (Phi) is 4.48. The van der Waals surface area contributed by atoms with Gasteiger partial charge in [0.2, 0.25) is 12.7 Å². The van der Waals surface area contributed by atoms with Crippen LogP contribution in [0.3, 0.4) is 0 Å². The Balaban J connectivity index is 1.68. The Morgan fingerprint density at radius 3 is 2.68 bits per heavy atom. The summed E-state index contributed by atoms with van der Waals surface area (Å²) in [6.45, 7) is 8.48. The number of carbonyl (C=O) groups excluding carboxylic acids is 1. The molecule has 0 aliphatic carbocycles. The topological polar surface area (TPSA) is 85.4 Å². The molecule has 7 heteroatoms. The van der Waals surface area contributed by atoms with Gasteiger partial charge in [-0.05, 0) is 51.5 Å². The number of nitrogens with one attached hydrogen (secondary N) is 2. The van der Waals surface area contributed by atoms with E-state index >= 15 is 0 Å². The summed E-state index contributed by atoms with van der Waals surface area (Å²) in [7, 11) is 0. The SMILES string of the molecule is Cc1cc(C(=O)NCc2ccc3c(c2)OCO3)nc(NC(C)(C)C)n1. The third kappa shape index (κ3) is 4.37. The van der Waals surface area contributed by atoms with Crippen molar-refractivity contribution in [2.45, 2.75) is 39.8 Å². The van der Waals surface area contributed by atoms with Gasteiger partial charge in [-0.2, -0.15) is 0 Å². The van der Waals surface area contributed by atoms with E-state index in [1.54, 1.807) is 6.07 Å². The predicted octanol–water partition coefficient (Wildman–Crippen LogP) is 2.65. The maximum absolute atomic E-state index is 12.4. The minimum absolute atomic E-state index is 0.186. The van der Waals surface area contributed by atoms with Gasteiger partial charge in [-0.3, -0.25) is 4.79 Å². The van der Waals surface area contributed by atoms with Gasteiger partial charge in [-0.1, -0.05) is 6.07 Å². The Morgan fingerprint density at radius 2 is 1.92 bits per heavy atom. The third-order valence-corrected chi connectivity index (χ3v) is 3.46. The lowest BCUT2D eigenvalue weighted by Crippen LogP contribution is -2.29. The normalized spacial score (nSPS) is 12.8. The van der Waals surface area contributed by atoms with Crippen molar-refractivity contribution in [2.24, 2.45) is 0 Å². The lowest BCUT2D eigenvalue weighted by atomic mass is 10.1. The van der Waals surface area contributed by atoms with Crippen molar-refractivity contribution in [3.63, 3.8) is 0 Å². The highest BCUT2D eigenvalue weighted by Crippen LogP contribution is 2.32. The zero-order valence-electron chi connectivity index (χ0n) is 14.8. The number of anilines is 1. The number of hydrogen-bond acceptors (Lipinski definition) is 6. The molecule has 1 aromatic heterocycles. The first-order valence-electron chi connectivity index (χ1n) is 8.11. The maximum Gasteiger partial charge on any atom is 0.270 e. The highest BCUT2D eigenvalue weighted by molar-refractivity contribution is 5.92. The van der Waals surface area contributed by atoms with Crippen LogP contribution >= 0.6 is 0 Å². The van der Waals surface area contributed by atoms with Crippen LogP contribution in [0.15, 0.2) is 24.3 Å². The van der Waals surface area contributed by atoms with E-state index in [0.717, 1.165) is 17.0 Å². The Morgan fingerprint density at radius 1 is 1.16 bits per heavy atom. The number of benzene rings is 1. The van der Waals surface area contributed by atoms with E-state index in [1.807, 2.05) is 45.9 Å². The molecule has 0 atom stereocenters. The predicted molar refractivity (Wildman–Crippen MR) is 93.9 cm³/mol. The van der Waals surface area contributed by atoms with E-state index in [1.165, 1.54) is 0 Å². The summed E-state index contributed by atoms with van der Waals surface area (Å²) in [5.41, 5.74) is 1.81. The molecule has 7 nitrogen and oxygen atoms in total. The van der Waals surface area contributed by atoms with Gasteiger partial charge in [0.15, 0.2) is 11.5 Å². The number of amides is 1. The minimum Gasteiger partial charge on any atom is -0.454 e. The molecular weight excluding hydrogens is 320 g/mol. The number of nitrogens with zero attached hydrogens (tertiary/aromatic N) is 2. The molecule has 0 saturated heterocycles. The molecule has 0 saturated carbocycles. The van der Waals surface area contributed by atoms with Gasteiger partial charge in [0.05, 0.1) is 0 Å². The van der Waals surface area contributed by atoms with Crippen molar-refractivity contribution in [3.8, 4) is 11.5 Å². The molecule has 2 heterocycles. The summed E-state index contributed by atoms with van der Waals surface area (Å²) in [4.78, 5) is 21.1. The molecule has 0 radical (unpaired) electrons. The fraction of sp³-hybridized carbons (Fsp3) is 0.389. The van der Waals surface area contributed by atoms with Crippen LogP contribution < -0.4 is 20.1 Å². The molecule has 1 aliphatic rings. The van der Waals surface area contributed by atoms with Crippen molar-refractivity contribution in [2.75, 3.05) is 12.1 Å². The van der Waals surface area contributed by atoms with Crippen LogP contribution in [0.1, 0.15) is 42.5 Å². The van der Waals surface area contributed by atoms with Crippen LogP contribution in [0.25, 0.3) is 0 Å². The Hall–Kier alpha value is -2.83. The van der Waals surface area contributed by atoms with E-state index in [4.69, 9.17) is 9.47 Å². The van der Waals surface area contributed by atoms with E-state index < -0.39 is 0 Å². The van der Waals surface area contributed by atoms with Crippen molar-refractivity contribution >= 4 is 11.9 Å². The second kappa shape index (κ2) is 6.58. The number of carbonyl (C=O) groups is 1. The molecule has 1 amide bonds. The maximum atomic E-state index is 12.4. The second-order valence-electron chi connectivity index (χ2n) is 6.96. The van der Waals surface area contributed by atoms with Gasteiger partial charge in [-0.25, -0.2) is 9.97 Å².